The number of hydrogen-bond donors (Lipinski definition) is 3. The number of aryl methyl sites for hydroxylation is 1. The summed E-state index contributed by atoms with van der Waals surface area (Å²) in [6, 6.07) is 18.5. The summed E-state index contributed by atoms with van der Waals surface area (Å²) in [6.45, 7) is 3.64. The van der Waals surface area contributed by atoms with E-state index in [2.05, 4.69) is 26.6 Å². The monoisotopic (exact) mass is 519 g/mol. The van der Waals surface area contributed by atoms with Crippen LogP contribution in [0.2, 0.25) is 0 Å². The fourth-order valence-corrected chi connectivity index (χ4v) is 3.41. The minimum Gasteiger partial charge on any atom is -0.508 e. The summed E-state index contributed by atoms with van der Waals surface area (Å²) in [4.78, 5) is 25.0. The van der Waals surface area contributed by atoms with E-state index in [-0.39, 0.29) is 23.8 Å². The first-order chi connectivity index (χ1) is 16.3. The van der Waals surface area contributed by atoms with E-state index < -0.39 is 5.91 Å². The van der Waals surface area contributed by atoms with Crippen LogP contribution in [0.15, 0.2) is 70.7 Å². The third-order valence-electron chi connectivity index (χ3n) is 5.00. The molecule has 0 bridgehead atoms. The zero-order valence-electron chi connectivity index (χ0n) is 18.6. The largest absolute Gasteiger partial charge is 0.508 e. The molecule has 0 aromatic heterocycles. The highest BCUT2D eigenvalue weighted by atomic mass is 79.9. The van der Waals surface area contributed by atoms with Gasteiger partial charge in [0.15, 0.2) is 6.61 Å². The lowest BCUT2D eigenvalue weighted by Crippen LogP contribution is -2.21. The van der Waals surface area contributed by atoms with Crippen LogP contribution in [0.25, 0.3) is 6.08 Å². The molecule has 0 saturated heterocycles. The van der Waals surface area contributed by atoms with E-state index in [4.69, 9.17) is 4.74 Å². The maximum Gasteiger partial charge on any atom is 0.266 e. The number of anilines is 2. The number of rotatable bonds is 7. The van der Waals surface area contributed by atoms with E-state index in [9.17, 15) is 20.0 Å². The minimum absolute atomic E-state index is 0.0616. The minimum atomic E-state index is -0.619. The Morgan fingerprint density at radius 3 is 2.53 bits per heavy atom. The molecule has 0 radical (unpaired) electrons. The van der Waals surface area contributed by atoms with Gasteiger partial charge < -0.3 is 20.5 Å². The van der Waals surface area contributed by atoms with Crippen LogP contribution in [-0.2, 0) is 9.59 Å². The first-order valence-corrected chi connectivity index (χ1v) is 11.1. The van der Waals surface area contributed by atoms with Crippen LogP contribution < -0.4 is 15.4 Å². The molecule has 3 rings (SSSR count). The zero-order chi connectivity index (χ0) is 24.7. The van der Waals surface area contributed by atoms with Crippen LogP contribution in [0.1, 0.15) is 16.7 Å². The highest BCUT2D eigenvalue weighted by molar-refractivity contribution is 9.10. The lowest BCUT2D eigenvalue weighted by Gasteiger charge is -2.13. The molecule has 7 nitrogen and oxygen atoms in total. The van der Waals surface area contributed by atoms with Gasteiger partial charge >= 0.3 is 0 Å². The highest BCUT2D eigenvalue weighted by Gasteiger charge is 2.13. The Balaban J connectivity index is 1.75. The van der Waals surface area contributed by atoms with Crippen molar-refractivity contribution in [3.05, 3.63) is 87.4 Å². The molecule has 3 aromatic rings. The van der Waals surface area contributed by atoms with E-state index in [1.807, 2.05) is 38.1 Å². The van der Waals surface area contributed by atoms with E-state index >= 15 is 0 Å². The number of amides is 2. The topological polar surface area (TPSA) is 111 Å². The first kappa shape index (κ1) is 24.6. The fourth-order valence-electron chi connectivity index (χ4n) is 3.03. The molecule has 0 aliphatic carbocycles. The third kappa shape index (κ3) is 6.47. The number of aromatic hydroxyl groups is 1. The van der Waals surface area contributed by atoms with Crippen molar-refractivity contribution in [3.63, 3.8) is 0 Å². The average Bonchev–Trinajstić information content (AvgIpc) is 2.81. The Morgan fingerprint density at radius 2 is 1.82 bits per heavy atom. The standard InChI is InChI=1S/C26H22BrN3O4/c1-16-4-3-5-23(17(16)2)30-25(32)15-34-24-11-6-20(27)13-18(24)12-19(14-28)26(33)29-21-7-9-22(31)10-8-21/h3-13,31H,15H2,1-2H3,(H,29,33)(H,30,32)/b19-12+. The molecule has 0 atom stereocenters. The Hall–Kier alpha value is -4.09. The van der Waals surface area contributed by atoms with Gasteiger partial charge in [-0.2, -0.15) is 5.26 Å². The maximum absolute atomic E-state index is 12.6. The zero-order valence-corrected chi connectivity index (χ0v) is 20.1. The number of carbonyl (C=O) groups excluding carboxylic acids is 2. The number of nitriles is 1. The lowest BCUT2D eigenvalue weighted by molar-refractivity contribution is -0.118. The SMILES string of the molecule is Cc1cccc(NC(=O)COc2ccc(Br)cc2/C=C(\C#N)C(=O)Nc2ccc(O)cc2)c1C. The molecular weight excluding hydrogens is 498 g/mol. The predicted octanol–water partition coefficient (Wildman–Crippen LogP) is 5.33. The van der Waals surface area contributed by atoms with Crippen LogP contribution in [0, 0.1) is 25.2 Å². The molecule has 34 heavy (non-hydrogen) atoms. The van der Waals surface area contributed by atoms with Gasteiger partial charge in [-0.05, 0) is 79.6 Å². The van der Waals surface area contributed by atoms with E-state index in [1.54, 1.807) is 18.2 Å². The van der Waals surface area contributed by atoms with Gasteiger partial charge in [0.1, 0.15) is 23.1 Å². The number of nitrogens with zero attached hydrogens (tertiary/aromatic N) is 1. The Morgan fingerprint density at radius 1 is 1.09 bits per heavy atom. The van der Waals surface area contributed by atoms with Crippen LogP contribution in [0.4, 0.5) is 11.4 Å². The van der Waals surface area contributed by atoms with Crippen molar-refractivity contribution in [2.24, 2.45) is 0 Å². The van der Waals surface area contributed by atoms with Crippen LogP contribution in [-0.4, -0.2) is 23.5 Å². The molecule has 0 aliphatic rings. The molecule has 0 aliphatic heterocycles. The second-order valence-electron chi connectivity index (χ2n) is 7.44. The number of ether oxygens (including phenoxy) is 1. The maximum atomic E-state index is 12.6. The smallest absolute Gasteiger partial charge is 0.266 e. The van der Waals surface area contributed by atoms with Crippen molar-refractivity contribution in [2.45, 2.75) is 13.8 Å². The van der Waals surface area contributed by atoms with Crippen LogP contribution in [0.3, 0.4) is 0 Å². The summed E-state index contributed by atoms with van der Waals surface area (Å²) < 4.78 is 6.42. The molecule has 0 heterocycles. The second kappa shape index (κ2) is 11.2. The van der Waals surface area contributed by atoms with E-state index in [0.29, 0.717) is 27.2 Å². The summed E-state index contributed by atoms with van der Waals surface area (Å²) in [7, 11) is 0. The number of phenolic OH excluding ortho intramolecular Hbond substituents is 1. The molecule has 0 saturated carbocycles. The second-order valence-corrected chi connectivity index (χ2v) is 8.35. The number of carbonyl (C=O) groups is 2. The summed E-state index contributed by atoms with van der Waals surface area (Å²) >= 11 is 3.37. The van der Waals surface area contributed by atoms with E-state index in [0.717, 1.165) is 11.1 Å². The average molecular weight is 520 g/mol. The summed E-state index contributed by atoms with van der Waals surface area (Å²) in [5.41, 5.74) is 3.47. The van der Waals surface area contributed by atoms with Gasteiger partial charge in [0.25, 0.3) is 11.8 Å². The number of benzene rings is 3. The number of halogens is 1. The Kier molecular flexibility index (Phi) is 8.06. The normalized spacial score (nSPS) is 10.8. The fraction of sp³-hybridized carbons (Fsp3) is 0.115. The van der Waals surface area contributed by atoms with Crippen molar-refractivity contribution in [1.29, 1.82) is 5.26 Å². The Bertz CT molecular complexity index is 1290. The predicted molar refractivity (Wildman–Crippen MR) is 135 cm³/mol. The molecule has 2 amide bonds. The molecule has 172 valence electrons. The van der Waals surface area contributed by atoms with Crippen molar-refractivity contribution >= 4 is 45.2 Å². The third-order valence-corrected chi connectivity index (χ3v) is 5.49. The summed E-state index contributed by atoms with van der Waals surface area (Å²) in [5.74, 6) is -0.556. The molecular formula is C26H22BrN3O4. The number of phenols is 1. The molecule has 3 N–H and O–H groups in total. The summed E-state index contributed by atoms with van der Waals surface area (Å²) in [6.07, 6.45) is 1.39. The number of nitrogens with one attached hydrogen (secondary N) is 2. The molecule has 0 unspecified atom stereocenters. The molecule has 3 aromatic carbocycles. The van der Waals surface area contributed by atoms with Crippen LogP contribution >= 0.6 is 15.9 Å². The molecule has 0 fully saturated rings. The molecule has 0 spiro atoms. The quantitative estimate of drug-likeness (QED) is 0.221. The van der Waals surface area contributed by atoms with Gasteiger partial charge in [-0.15, -0.1) is 0 Å². The molecule has 8 heteroatoms. The van der Waals surface area contributed by atoms with E-state index in [1.165, 1.54) is 30.3 Å². The van der Waals surface area contributed by atoms with Gasteiger partial charge in [0, 0.05) is 21.4 Å². The first-order valence-electron chi connectivity index (χ1n) is 10.3. The van der Waals surface area contributed by atoms with Gasteiger partial charge in [0.2, 0.25) is 0 Å². The Labute approximate surface area is 205 Å². The van der Waals surface area contributed by atoms with Gasteiger partial charge in [-0.3, -0.25) is 9.59 Å². The van der Waals surface area contributed by atoms with Gasteiger partial charge in [-0.1, -0.05) is 28.1 Å². The lowest BCUT2D eigenvalue weighted by atomic mass is 10.1. The van der Waals surface area contributed by atoms with Crippen molar-refractivity contribution in [3.8, 4) is 17.6 Å². The van der Waals surface area contributed by atoms with Crippen molar-refractivity contribution in [2.75, 3.05) is 17.2 Å². The van der Waals surface area contributed by atoms with Gasteiger partial charge in [0.05, 0.1) is 0 Å². The van der Waals surface area contributed by atoms with Gasteiger partial charge in [-0.25, -0.2) is 0 Å². The van der Waals surface area contributed by atoms with Crippen molar-refractivity contribution < 1.29 is 19.4 Å². The van der Waals surface area contributed by atoms with Crippen LogP contribution in [0.5, 0.6) is 11.5 Å². The highest BCUT2D eigenvalue weighted by Crippen LogP contribution is 2.26. The van der Waals surface area contributed by atoms with Crippen molar-refractivity contribution in [1.82, 2.24) is 0 Å². The summed E-state index contributed by atoms with van der Waals surface area (Å²) in [5, 5.41) is 24.3. The number of hydrogen-bond acceptors (Lipinski definition) is 5.